The van der Waals surface area contributed by atoms with Gasteiger partial charge in [-0.3, -0.25) is 0 Å². The quantitative estimate of drug-likeness (QED) is 0.0816. The minimum Gasteiger partial charge on any atom is -0.381 e. The van der Waals surface area contributed by atoms with Crippen LogP contribution in [0.3, 0.4) is 0 Å². The SMILES string of the molecule is CCCCOCC(CC[Si](c1ccc(Cl)cc1)(c1ccc(Cl)cc1)c1ccc(Cl)cc1)(COCCCC)C1CCCCC1. The molecule has 0 N–H and O–H groups in total. The van der Waals surface area contributed by atoms with Gasteiger partial charge in [-0.15, -0.1) is 0 Å². The summed E-state index contributed by atoms with van der Waals surface area (Å²) in [6.07, 6.45) is 11.9. The van der Waals surface area contributed by atoms with Crippen molar-refractivity contribution in [1.29, 1.82) is 0 Å². The van der Waals surface area contributed by atoms with Gasteiger partial charge in [-0.05, 0) is 96.0 Å². The zero-order valence-electron chi connectivity index (χ0n) is 26.1. The summed E-state index contributed by atoms with van der Waals surface area (Å²) in [5.74, 6) is 0.594. The van der Waals surface area contributed by atoms with Crippen LogP contribution in [0, 0.1) is 11.3 Å². The standard InChI is InChI=1S/C37H49Cl3O2Si/c1-3-5-25-41-28-37(29-42-26-6-4-2,30-10-8-7-9-11-30)24-27-43(34-18-12-31(38)13-19-34,35-20-14-32(39)15-21-35)36-22-16-33(40)17-23-36/h12-23,30H,3-11,24-29H2,1-2H3. The molecule has 0 aliphatic heterocycles. The van der Waals surface area contributed by atoms with Gasteiger partial charge in [0.05, 0.1) is 13.2 Å². The maximum atomic E-state index is 6.56. The summed E-state index contributed by atoms with van der Waals surface area (Å²) in [6.45, 7) is 7.61. The number of halogens is 3. The van der Waals surface area contributed by atoms with E-state index in [1.807, 2.05) is 36.4 Å². The molecule has 4 rings (SSSR count). The first kappa shape index (κ1) is 34.5. The molecule has 2 nitrogen and oxygen atoms in total. The summed E-state index contributed by atoms with van der Waals surface area (Å²) in [6, 6.07) is 26.8. The number of rotatable bonds is 17. The fourth-order valence-corrected chi connectivity index (χ4v) is 12.3. The summed E-state index contributed by atoms with van der Waals surface area (Å²) >= 11 is 19.4. The second-order valence-corrected chi connectivity index (χ2v) is 17.8. The van der Waals surface area contributed by atoms with Crippen molar-refractivity contribution in [3.05, 3.63) is 87.9 Å². The molecule has 0 aromatic heterocycles. The molecule has 6 heteroatoms. The molecule has 3 aromatic carbocycles. The van der Waals surface area contributed by atoms with E-state index in [1.54, 1.807) is 0 Å². The fourth-order valence-electron chi connectivity index (χ4n) is 6.96. The van der Waals surface area contributed by atoms with Crippen LogP contribution in [0.5, 0.6) is 0 Å². The Morgan fingerprint density at radius 3 is 1.40 bits per heavy atom. The molecule has 0 unspecified atom stereocenters. The normalized spacial score (nSPS) is 14.7. The van der Waals surface area contributed by atoms with Crippen molar-refractivity contribution in [2.45, 2.75) is 84.1 Å². The third kappa shape index (κ3) is 9.12. The maximum Gasteiger partial charge on any atom is 0.148 e. The first-order valence-corrected chi connectivity index (χ1v) is 19.7. The molecule has 1 fully saturated rings. The molecule has 0 bridgehead atoms. The molecule has 0 radical (unpaired) electrons. The average Bonchev–Trinajstić information content (AvgIpc) is 3.03. The maximum absolute atomic E-state index is 6.56. The number of unbranched alkanes of at least 4 members (excludes halogenated alkanes) is 2. The van der Waals surface area contributed by atoms with Gasteiger partial charge in [-0.2, -0.15) is 0 Å². The lowest BCUT2D eigenvalue weighted by atomic mass is 9.68. The smallest absolute Gasteiger partial charge is 0.148 e. The van der Waals surface area contributed by atoms with Gasteiger partial charge >= 0.3 is 0 Å². The van der Waals surface area contributed by atoms with Crippen LogP contribution < -0.4 is 15.6 Å². The molecular weight excluding hydrogens is 611 g/mol. The topological polar surface area (TPSA) is 18.5 Å². The summed E-state index contributed by atoms with van der Waals surface area (Å²) in [7, 11) is -2.56. The van der Waals surface area contributed by atoms with E-state index in [9.17, 15) is 0 Å². The van der Waals surface area contributed by atoms with Crippen LogP contribution in [0.25, 0.3) is 0 Å². The van der Waals surface area contributed by atoms with Gasteiger partial charge in [-0.1, -0.05) is 117 Å². The van der Waals surface area contributed by atoms with Crippen molar-refractivity contribution in [3.8, 4) is 0 Å². The van der Waals surface area contributed by atoms with Crippen LogP contribution in [0.2, 0.25) is 21.1 Å². The van der Waals surface area contributed by atoms with Gasteiger partial charge < -0.3 is 9.47 Å². The van der Waals surface area contributed by atoms with E-state index in [-0.39, 0.29) is 5.41 Å². The number of ether oxygens (including phenoxy) is 2. The Morgan fingerprint density at radius 1 is 0.628 bits per heavy atom. The van der Waals surface area contributed by atoms with E-state index < -0.39 is 8.07 Å². The summed E-state index contributed by atoms with van der Waals surface area (Å²) in [4.78, 5) is 0. The van der Waals surface area contributed by atoms with E-state index >= 15 is 0 Å². The minimum absolute atomic E-state index is 0.0363. The summed E-state index contributed by atoms with van der Waals surface area (Å²) < 4.78 is 13.1. The van der Waals surface area contributed by atoms with Crippen molar-refractivity contribution in [3.63, 3.8) is 0 Å². The van der Waals surface area contributed by atoms with Crippen molar-refractivity contribution in [1.82, 2.24) is 0 Å². The van der Waals surface area contributed by atoms with Gasteiger partial charge in [0.15, 0.2) is 0 Å². The predicted molar refractivity (Wildman–Crippen MR) is 189 cm³/mol. The van der Waals surface area contributed by atoms with Crippen LogP contribution in [0.1, 0.15) is 78.1 Å². The van der Waals surface area contributed by atoms with Crippen LogP contribution in [-0.2, 0) is 9.47 Å². The molecule has 1 aliphatic carbocycles. The lowest BCUT2D eigenvalue weighted by Gasteiger charge is -2.45. The van der Waals surface area contributed by atoms with Gasteiger partial charge in [0, 0.05) is 33.7 Å². The molecular formula is C37H49Cl3O2Si. The predicted octanol–water partition coefficient (Wildman–Crippen LogP) is 9.71. The highest BCUT2D eigenvalue weighted by Crippen LogP contribution is 2.44. The Hall–Kier alpha value is -1.33. The lowest BCUT2D eigenvalue weighted by Crippen LogP contribution is -2.67. The Kier molecular flexibility index (Phi) is 14.0. The third-order valence-corrected chi connectivity index (χ3v) is 15.3. The highest BCUT2D eigenvalue weighted by atomic mass is 35.5. The number of hydrogen-bond acceptors (Lipinski definition) is 2. The van der Waals surface area contributed by atoms with E-state index in [0.29, 0.717) is 5.92 Å². The van der Waals surface area contributed by atoms with Gasteiger partial charge in [0.25, 0.3) is 0 Å². The molecule has 3 aromatic rings. The fraction of sp³-hybridized carbons (Fsp3) is 0.514. The molecule has 1 saturated carbocycles. The van der Waals surface area contributed by atoms with E-state index in [4.69, 9.17) is 44.3 Å². The zero-order chi connectivity index (χ0) is 30.5. The van der Waals surface area contributed by atoms with E-state index in [0.717, 1.165) is 79.6 Å². The second kappa shape index (κ2) is 17.4. The Bertz CT molecular complexity index is 1090. The van der Waals surface area contributed by atoms with Crippen LogP contribution in [-0.4, -0.2) is 34.5 Å². The van der Waals surface area contributed by atoms with E-state index in [2.05, 4.69) is 50.2 Å². The van der Waals surface area contributed by atoms with Crippen LogP contribution >= 0.6 is 34.8 Å². The first-order valence-electron chi connectivity index (χ1n) is 16.4. The molecule has 234 valence electrons. The van der Waals surface area contributed by atoms with Gasteiger partial charge in [-0.25, -0.2) is 0 Å². The molecule has 0 heterocycles. The Morgan fingerprint density at radius 2 is 1.02 bits per heavy atom. The molecule has 0 spiro atoms. The molecule has 1 aliphatic rings. The lowest BCUT2D eigenvalue weighted by molar-refractivity contribution is -0.0677. The average molecular weight is 660 g/mol. The number of hydrogen-bond donors (Lipinski definition) is 0. The second-order valence-electron chi connectivity index (χ2n) is 12.4. The highest BCUT2D eigenvalue weighted by molar-refractivity contribution is 7.11. The van der Waals surface area contributed by atoms with Crippen molar-refractivity contribution in [2.75, 3.05) is 26.4 Å². The van der Waals surface area contributed by atoms with Crippen molar-refractivity contribution in [2.24, 2.45) is 11.3 Å². The van der Waals surface area contributed by atoms with Crippen LogP contribution in [0.15, 0.2) is 72.8 Å². The zero-order valence-corrected chi connectivity index (χ0v) is 29.3. The highest BCUT2D eigenvalue weighted by Gasteiger charge is 2.45. The van der Waals surface area contributed by atoms with Gasteiger partial charge in [0.1, 0.15) is 8.07 Å². The molecule has 0 amide bonds. The Balaban J connectivity index is 1.83. The number of benzene rings is 3. The van der Waals surface area contributed by atoms with Crippen molar-refractivity contribution >= 4 is 58.4 Å². The largest absolute Gasteiger partial charge is 0.381 e. The molecule has 0 atom stereocenters. The summed E-state index contributed by atoms with van der Waals surface area (Å²) in [5.41, 5.74) is -0.0363. The summed E-state index contributed by atoms with van der Waals surface area (Å²) in [5, 5.41) is 6.30. The van der Waals surface area contributed by atoms with Crippen LogP contribution in [0.4, 0.5) is 0 Å². The molecule has 43 heavy (non-hydrogen) atoms. The van der Waals surface area contributed by atoms with Crippen molar-refractivity contribution < 1.29 is 9.47 Å². The monoisotopic (exact) mass is 658 g/mol. The first-order chi connectivity index (χ1) is 20.9. The third-order valence-electron chi connectivity index (χ3n) is 9.54. The van der Waals surface area contributed by atoms with E-state index in [1.165, 1.54) is 47.7 Å². The molecule has 0 saturated heterocycles. The Labute approximate surface area is 276 Å². The van der Waals surface area contributed by atoms with Gasteiger partial charge in [0.2, 0.25) is 0 Å². The minimum atomic E-state index is -2.56.